The highest BCUT2D eigenvalue weighted by Gasteiger charge is 2.58. The van der Waals surface area contributed by atoms with Gasteiger partial charge in [0.05, 0.1) is 5.41 Å². The van der Waals surface area contributed by atoms with Gasteiger partial charge < -0.3 is 5.32 Å². The molecule has 0 unspecified atom stereocenters. The molecule has 2 aromatic heterocycles. The van der Waals surface area contributed by atoms with Crippen LogP contribution in [-0.4, -0.2) is 39.4 Å². The zero-order valence-corrected chi connectivity index (χ0v) is 16.0. The van der Waals surface area contributed by atoms with Gasteiger partial charge in [-0.3, -0.25) is 9.69 Å². The zero-order valence-electron chi connectivity index (χ0n) is 15.2. The lowest BCUT2D eigenvalue weighted by atomic mass is 9.71. The Kier molecular flexibility index (Phi) is 5.05. The van der Waals surface area contributed by atoms with Crippen molar-refractivity contribution in [1.82, 2.24) is 20.2 Å². The number of nitrogens with zero attached hydrogens (tertiary/aromatic N) is 3. The predicted molar refractivity (Wildman–Crippen MR) is 103 cm³/mol. The molecule has 6 heteroatoms. The third-order valence-electron chi connectivity index (χ3n) is 6.18. The van der Waals surface area contributed by atoms with Crippen molar-refractivity contribution in [2.45, 2.75) is 57.7 Å². The number of thiophene rings is 1. The smallest absolute Gasteiger partial charge is 0.227 e. The first-order chi connectivity index (χ1) is 12.7. The molecular weight excluding hydrogens is 344 g/mol. The third kappa shape index (κ3) is 3.16. The highest BCUT2D eigenvalue weighted by molar-refractivity contribution is 7.09. The van der Waals surface area contributed by atoms with Gasteiger partial charge >= 0.3 is 0 Å². The van der Waals surface area contributed by atoms with Crippen molar-refractivity contribution >= 4 is 17.2 Å². The average Bonchev–Trinajstić information content (AvgIpc) is 3.39. The summed E-state index contributed by atoms with van der Waals surface area (Å²) in [5.41, 5.74) is 0.892. The summed E-state index contributed by atoms with van der Waals surface area (Å²) in [7, 11) is 0. The second-order valence-electron chi connectivity index (χ2n) is 7.47. The topological polar surface area (TPSA) is 58.1 Å². The van der Waals surface area contributed by atoms with E-state index < -0.39 is 0 Å². The second-order valence-corrected chi connectivity index (χ2v) is 8.50. The number of hydrogen-bond donors (Lipinski definition) is 1. The number of nitrogens with one attached hydrogen (secondary N) is 1. The third-order valence-corrected chi connectivity index (χ3v) is 7.12. The lowest BCUT2D eigenvalue weighted by Gasteiger charge is -2.35. The van der Waals surface area contributed by atoms with E-state index >= 15 is 0 Å². The van der Waals surface area contributed by atoms with Crippen molar-refractivity contribution in [3.05, 3.63) is 46.7 Å². The Morgan fingerprint density at radius 1 is 1.38 bits per heavy atom. The standard InChI is InChI=1S/C20H26N4OS/c1-2-20(19(25)23-8-7-17-4-3-9-26-17)10-16-5-6-18(20)24(16)13-15-11-21-14-22-12-15/h3-4,9,11-12,14,16,18H,2,5-8,10,13H2,1H3,(H,23,25)/t16-,18+,20+/m0/s1. The van der Waals surface area contributed by atoms with Crippen LogP contribution in [0.1, 0.15) is 43.0 Å². The quantitative estimate of drug-likeness (QED) is 0.814. The molecule has 5 nitrogen and oxygen atoms in total. The molecule has 3 atom stereocenters. The molecule has 1 N–H and O–H groups in total. The van der Waals surface area contributed by atoms with E-state index in [1.807, 2.05) is 12.4 Å². The molecular formula is C20H26N4OS. The van der Waals surface area contributed by atoms with E-state index in [1.165, 1.54) is 11.3 Å². The largest absolute Gasteiger partial charge is 0.355 e. The van der Waals surface area contributed by atoms with Crippen LogP contribution in [-0.2, 0) is 17.8 Å². The minimum absolute atomic E-state index is 0.242. The Balaban J connectivity index is 1.43. The maximum Gasteiger partial charge on any atom is 0.227 e. The van der Waals surface area contributed by atoms with Crippen LogP contribution in [0.4, 0.5) is 0 Å². The van der Waals surface area contributed by atoms with Gasteiger partial charge in [-0.25, -0.2) is 9.97 Å². The number of fused-ring (bicyclic) bond motifs is 2. The number of carbonyl (C=O) groups excluding carboxylic acids is 1. The van der Waals surface area contributed by atoms with Gasteiger partial charge in [0.15, 0.2) is 0 Å². The molecule has 0 aromatic carbocycles. The summed E-state index contributed by atoms with van der Waals surface area (Å²) < 4.78 is 0. The number of hydrogen-bond acceptors (Lipinski definition) is 5. The summed E-state index contributed by atoms with van der Waals surface area (Å²) >= 11 is 1.75. The molecule has 0 radical (unpaired) electrons. The van der Waals surface area contributed by atoms with Crippen molar-refractivity contribution in [3.63, 3.8) is 0 Å². The maximum absolute atomic E-state index is 13.2. The first kappa shape index (κ1) is 17.6. The summed E-state index contributed by atoms with van der Waals surface area (Å²) in [6.45, 7) is 3.74. The van der Waals surface area contributed by atoms with E-state index in [0.29, 0.717) is 12.1 Å². The SMILES string of the molecule is CC[C@@]1(C(=O)NCCc2cccs2)C[C@@H]2CC[C@H]1N2Cc1cncnc1. The van der Waals surface area contributed by atoms with Crippen molar-refractivity contribution in [2.24, 2.45) is 5.41 Å². The monoisotopic (exact) mass is 370 g/mol. The summed E-state index contributed by atoms with van der Waals surface area (Å²) in [6, 6.07) is 5.03. The summed E-state index contributed by atoms with van der Waals surface area (Å²) in [5, 5.41) is 5.33. The first-order valence-corrected chi connectivity index (χ1v) is 10.4. The van der Waals surface area contributed by atoms with Gasteiger partial charge in [-0.05, 0) is 43.6 Å². The van der Waals surface area contributed by atoms with Gasteiger partial charge in [0.25, 0.3) is 0 Å². The molecule has 0 aliphatic carbocycles. The molecule has 2 aliphatic heterocycles. The molecule has 0 saturated carbocycles. The van der Waals surface area contributed by atoms with E-state index in [2.05, 4.69) is 44.6 Å². The fourth-order valence-electron chi connectivity index (χ4n) is 4.88. The molecule has 0 spiro atoms. The molecule has 2 saturated heterocycles. The van der Waals surface area contributed by atoms with E-state index in [4.69, 9.17) is 0 Å². The molecule has 2 bridgehead atoms. The number of amides is 1. The highest BCUT2D eigenvalue weighted by Crippen LogP contribution is 2.52. The van der Waals surface area contributed by atoms with Crippen LogP contribution in [0.15, 0.2) is 36.2 Å². The molecule has 2 fully saturated rings. The summed E-state index contributed by atoms with van der Waals surface area (Å²) in [4.78, 5) is 25.3. The fraction of sp³-hybridized carbons (Fsp3) is 0.550. The predicted octanol–water partition coefficient (Wildman–Crippen LogP) is 3.03. The maximum atomic E-state index is 13.2. The number of rotatable bonds is 7. The van der Waals surface area contributed by atoms with Crippen LogP contribution in [0.25, 0.3) is 0 Å². The van der Waals surface area contributed by atoms with Crippen LogP contribution in [0.2, 0.25) is 0 Å². The Labute approximate surface area is 158 Å². The molecule has 138 valence electrons. The first-order valence-electron chi connectivity index (χ1n) is 9.53. The van der Waals surface area contributed by atoms with Gasteiger partial charge in [0.1, 0.15) is 6.33 Å². The van der Waals surface area contributed by atoms with Crippen LogP contribution < -0.4 is 5.32 Å². The molecule has 26 heavy (non-hydrogen) atoms. The Hall–Kier alpha value is -1.79. The Morgan fingerprint density at radius 2 is 2.23 bits per heavy atom. The van der Waals surface area contributed by atoms with Crippen molar-refractivity contribution < 1.29 is 4.79 Å². The van der Waals surface area contributed by atoms with Crippen LogP contribution in [0.3, 0.4) is 0 Å². The van der Waals surface area contributed by atoms with Crippen LogP contribution >= 0.6 is 11.3 Å². The Morgan fingerprint density at radius 3 is 2.96 bits per heavy atom. The van der Waals surface area contributed by atoms with Crippen LogP contribution in [0, 0.1) is 5.41 Å². The molecule has 1 amide bonds. The minimum atomic E-state index is -0.242. The zero-order chi connectivity index (χ0) is 18.0. The fourth-order valence-corrected chi connectivity index (χ4v) is 5.59. The number of aromatic nitrogens is 2. The number of carbonyl (C=O) groups is 1. The summed E-state index contributed by atoms with van der Waals surface area (Å²) in [6.07, 6.45) is 10.5. The highest BCUT2D eigenvalue weighted by atomic mass is 32.1. The lowest BCUT2D eigenvalue weighted by molar-refractivity contribution is -0.133. The normalized spacial score (nSPS) is 27.7. The molecule has 2 aromatic rings. The van der Waals surface area contributed by atoms with Gasteiger partial charge in [-0.2, -0.15) is 0 Å². The Bertz CT molecular complexity index is 736. The molecule has 4 rings (SSSR count). The van der Waals surface area contributed by atoms with E-state index in [0.717, 1.165) is 44.3 Å². The van der Waals surface area contributed by atoms with Gasteiger partial charge in [0.2, 0.25) is 5.91 Å². The van der Waals surface area contributed by atoms with Crippen molar-refractivity contribution in [1.29, 1.82) is 0 Å². The average molecular weight is 371 g/mol. The van der Waals surface area contributed by atoms with E-state index in [1.54, 1.807) is 17.7 Å². The van der Waals surface area contributed by atoms with Gasteiger partial charge in [0, 0.05) is 48.0 Å². The van der Waals surface area contributed by atoms with Gasteiger partial charge in [-0.15, -0.1) is 11.3 Å². The van der Waals surface area contributed by atoms with Crippen molar-refractivity contribution in [3.8, 4) is 0 Å². The van der Waals surface area contributed by atoms with Crippen LogP contribution in [0.5, 0.6) is 0 Å². The van der Waals surface area contributed by atoms with E-state index in [-0.39, 0.29) is 11.3 Å². The van der Waals surface area contributed by atoms with Gasteiger partial charge in [-0.1, -0.05) is 13.0 Å². The summed E-state index contributed by atoms with van der Waals surface area (Å²) in [5.74, 6) is 0.248. The lowest BCUT2D eigenvalue weighted by Crippen LogP contribution is -2.49. The molecule has 2 aliphatic rings. The van der Waals surface area contributed by atoms with Crippen molar-refractivity contribution in [2.75, 3.05) is 6.54 Å². The minimum Gasteiger partial charge on any atom is -0.355 e. The molecule has 4 heterocycles. The second kappa shape index (κ2) is 7.45. The van der Waals surface area contributed by atoms with E-state index in [9.17, 15) is 4.79 Å².